The maximum absolute atomic E-state index is 6.04. The molecule has 26 heavy (non-hydrogen) atoms. The Kier molecular flexibility index (Phi) is 5.59. The molecule has 2 N–H and O–H groups in total. The number of hydrogen-bond donors (Lipinski definition) is 2. The summed E-state index contributed by atoms with van der Waals surface area (Å²) < 4.78 is 1.98. The van der Waals surface area contributed by atoms with Gasteiger partial charge in [0, 0.05) is 30.2 Å². The van der Waals surface area contributed by atoms with Crippen LogP contribution in [0.25, 0.3) is 0 Å². The smallest absolute Gasteiger partial charge is 0.171 e. The van der Waals surface area contributed by atoms with Gasteiger partial charge >= 0.3 is 0 Å². The van der Waals surface area contributed by atoms with Gasteiger partial charge in [0.1, 0.15) is 11.9 Å². The van der Waals surface area contributed by atoms with E-state index in [9.17, 15) is 0 Å². The third kappa shape index (κ3) is 4.23. The average molecular weight is 385 g/mol. The molecule has 0 saturated heterocycles. The molecule has 1 atom stereocenters. The average Bonchev–Trinajstić information content (AvgIpc) is 3.03. The van der Waals surface area contributed by atoms with Crippen LogP contribution in [0.5, 0.6) is 0 Å². The van der Waals surface area contributed by atoms with Crippen molar-refractivity contribution in [2.45, 2.75) is 19.9 Å². The number of rotatable bonds is 4. The molecule has 134 valence electrons. The molecule has 0 aliphatic heterocycles. The first-order valence-corrected chi connectivity index (χ1v) is 9.10. The number of aryl methyl sites for hydroxylation is 3. The summed E-state index contributed by atoms with van der Waals surface area (Å²) in [4.78, 5) is 4.49. The van der Waals surface area contributed by atoms with Gasteiger partial charge in [0.25, 0.3) is 0 Å². The fourth-order valence-electron chi connectivity index (χ4n) is 2.77. The molecular weight excluding hydrogens is 364 g/mol. The van der Waals surface area contributed by atoms with Crippen LogP contribution in [-0.2, 0) is 7.05 Å². The van der Waals surface area contributed by atoms with Crippen LogP contribution >= 0.6 is 23.8 Å². The molecule has 0 aliphatic carbocycles. The predicted octanol–water partition coefficient (Wildman–Crippen LogP) is 4.77. The van der Waals surface area contributed by atoms with Crippen LogP contribution in [0.15, 0.2) is 54.9 Å². The number of hydrogen-bond acceptors (Lipinski definition) is 2. The molecule has 1 heterocycles. The Morgan fingerprint density at radius 1 is 1.15 bits per heavy atom. The lowest BCUT2D eigenvalue weighted by Gasteiger charge is -2.22. The predicted molar refractivity (Wildman–Crippen MR) is 112 cm³/mol. The Balaban J connectivity index is 1.86. The summed E-state index contributed by atoms with van der Waals surface area (Å²) in [5, 5.41) is 7.93. The van der Waals surface area contributed by atoms with Gasteiger partial charge in [-0.3, -0.25) is 0 Å². The van der Waals surface area contributed by atoms with E-state index in [1.54, 1.807) is 6.20 Å². The highest BCUT2D eigenvalue weighted by molar-refractivity contribution is 7.80. The Hall–Kier alpha value is -2.37. The summed E-state index contributed by atoms with van der Waals surface area (Å²) in [5.41, 5.74) is 4.35. The number of nitrogens with one attached hydrogen (secondary N) is 2. The summed E-state index contributed by atoms with van der Waals surface area (Å²) in [6, 6.07) is 13.8. The number of anilines is 1. The van der Waals surface area contributed by atoms with E-state index < -0.39 is 0 Å². The van der Waals surface area contributed by atoms with Gasteiger partial charge in [-0.1, -0.05) is 35.9 Å². The highest BCUT2D eigenvalue weighted by Gasteiger charge is 2.19. The minimum atomic E-state index is -0.183. The number of nitrogens with zero attached hydrogens (tertiary/aromatic N) is 2. The molecule has 6 heteroatoms. The molecule has 0 radical (unpaired) electrons. The highest BCUT2D eigenvalue weighted by Crippen LogP contribution is 2.23. The van der Waals surface area contributed by atoms with Crippen molar-refractivity contribution in [2.24, 2.45) is 7.05 Å². The Morgan fingerprint density at radius 2 is 1.88 bits per heavy atom. The molecule has 0 fully saturated rings. The van der Waals surface area contributed by atoms with Gasteiger partial charge < -0.3 is 15.2 Å². The minimum absolute atomic E-state index is 0.183. The Morgan fingerprint density at radius 3 is 2.54 bits per heavy atom. The van der Waals surface area contributed by atoms with Gasteiger partial charge in [0.15, 0.2) is 5.11 Å². The third-order valence-corrected chi connectivity index (χ3v) is 4.71. The van der Waals surface area contributed by atoms with Gasteiger partial charge in [-0.05, 0) is 61.0 Å². The minimum Gasteiger partial charge on any atom is -0.348 e. The first-order chi connectivity index (χ1) is 12.4. The zero-order valence-electron chi connectivity index (χ0n) is 15.0. The molecule has 0 spiro atoms. The standard InChI is InChI=1S/C20H21ClN4S/c1-13-4-5-14(2)17(12-13)23-20(26)24-18(19-22-10-11-25(19)3)15-6-8-16(21)9-7-15/h4-12,18H,1-3H3,(H2,23,24,26)/t18-/m0/s1. The molecule has 3 aromatic rings. The van der Waals surface area contributed by atoms with Crippen LogP contribution in [0.4, 0.5) is 5.69 Å². The number of aromatic nitrogens is 2. The van der Waals surface area contributed by atoms with E-state index in [0.717, 1.165) is 22.6 Å². The Labute approximate surface area is 164 Å². The van der Waals surface area contributed by atoms with E-state index in [1.165, 1.54) is 5.56 Å². The fourth-order valence-corrected chi connectivity index (χ4v) is 3.12. The topological polar surface area (TPSA) is 41.9 Å². The zero-order valence-corrected chi connectivity index (χ0v) is 16.5. The van der Waals surface area contributed by atoms with Crippen molar-refractivity contribution in [2.75, 3.05) is 5.32 Å². The SMILES string of the molecule is Cc1ccc(C)c(NC(=S)N[C@@H](c2ccc(Cl)cc2)c2nccn2C)c1. The molecule has 0 unspecified atom stereocenters. The second-order valence-electron chi connectivity index (χ2n) is 6.30. The summed E-state index contributed by atoms with van der Waals surface area (Å²) in [6.07, 6.45) is 3.70. The summed E-state index contributed by atoms with van der Waals surface area (Å²) in [7, 11) is 1.97. The van der Waals surface area contributed by atoms with Crippen molar-refractivity contribution in [3.8, 4) is 0 Å². The second kappa shape index (κ2) is 7.89. The van der Waals surface area contributed by atoms with Gasteiger partial charge in [-0.2, -0.15) is 0 Å². The summed E-state index contributed by atoms with van der Waals surface area (Å²) in [5.74, 6) is 0.873. The van der Waals surface area contributed by atoms with E-state index in [0.29, 0.717) is 10.1 Å². The quantitative estimate of drug-likeness (QED) is 0.636. The van der Waals surface area contributed by atoms with Crippen molar-refractivity contribution < 1.29 is 0 Å². The normalized spacial score (nSPS) is 11.8. The van der Waals surface area contributed by atoms with Crippen LogP contribution in [0, 0.1) is 13.8 Å². The molecule has 0 aliphatic rings. The maximum Gasteiger partial charge on any atom is 0.171 e. The molecule has 4 nitrogen and oxygen atoms in total. The first kappa shape index (κ1) is 18.4. The number of benzene rings is 2. The molecule has 3 rings (SSSR count). The second-order valence-corrected chi connectivity index (χ2v) is 7.14. The van der Waals surface area contributed by atoms with Crippen molar-refractivity contribution in [1.29, 1.82) is 0 Å². The van der Waals surface area contributed by atoms with Crippen molar-refractivity contribution in [3.05, 3.63) is 82.4 Å². The van der Waals surface area contributed by atoms with Crippen LogP contribution in [0.2, 0.25) is 5.02 Å². The van der Waals surface area contributed by atoms with E-state index in [1.807, 2.05) is 42.1 Å². The van der Waals surface area contributed by atoms with Gasteiger partial charge in [0.05, 0.1) is 0 Å². The molecular formula is C20H21ClN4S. The van der Waals surface area contributed by atoms with Crippen molar-refractivity contribution in [3.63, 3.8) is 0 Å². The van der Waals surface area contributed by atoms with Crippen LogP contribution in [-0.4, -0.2) is 14.7 Å². The van der Waals surface area contributed by atoms with Gasteiger partial charge in [-0.15, -0.1) is 0 Å². The molecule has 0 amide bonds. The fraction of sp³-hybridized carbons (Fsp3) is 0.200. The number of thiocarbonyl (C=S) groups is 1. The highest BCUT2D eigenvalue weighted by atomic mass is 35.5. The van der Waals surface area contributed by atoms with Crippen LogP contribution in [0.1, 0.15) is 28.6 Å². The molecule has 1 aromatic heterocycles. The van der Waals surface area contributed by atoms with Crippen molar-refractivity contribution >= 4 is 34.6 Å². The first-order valence-electron chi connectivity index (χ1n) is 8.31. The monoisotopic (exact) mass is 384 g/mol. The van der Waals surface area contributed by atoms with Gasteiger partial charge in [0.2, 0.25) is 0 Å². The molecule has 0 bridgehead atoms. The van der Waals surface area contributed by atoms with Crippen LogP contribution < -0.4 is 10.6 Å². The number of halogens is 1. The van der Waals surface area contributed by atoms with E-state index >= 15 is 0 Å². The van der Waals surface area contributed by atoms with Crippen LogP contribution in [0.3, 0.4) is 0 Å². The molecule has 2 aromatic carbocycles. The summed E-state index contributed by atoms with van der Waals surface area (Å²) >= 11 is 11.6. The lowest BCUT2D eigenvalue weighted by Crippen LogP contribution is -2.34. The van der Waals surface area contributed by atoms with Crippen molar-refractivity contribution in [1.82, 2.24) is 14.9 Å². The largest absolute Gasteiger partial charge is 0.348 e. The lowest BCUT2D eigenvalue weighted by molar-refractivity contribution is 0.664. The van der Waals surface area contributed by atoms with E-state index in [-0.39, 0.29) is 6.04 Å². The maximum atomic E-state index is 6.04. The molecule has 0 saturated carbocycles. The van der Waals surface area contributed by atoms with E-state index in [2.05, 4.69) is 47.7 Å². The summed E-state index contributed by atoms with van der Waals surface area (Å²) in [6.45, 7) is 4.12. The van der Waals surface area contributed by atoms with E-state index in [4.69, 9.17) is 23.8 Å². The zero-order chi connectivity index (χ0) is 18.7. The lowest BCUT2D eigenvalue weighted by atomic mass is 10.1. The third-order valence-electron chi connectivity index (χ3n) is 4.24. The Bertz CT molecular complexity index is 918. The van der Waals surface area contributed by atoms with Gasteiger partial charge in [-0.25, -0.2) is 4.98 Å². The number of imidazole rings is 1.